The topological polar surface area (TPSA) is 78.4 Å². The Morgan fingerprint density at radius 2 is 1.96 bits per heavy atom. The van der Waals surface area contributed by atoms with Crippen molar-refractivity contribution in [3.63, 3.8) is 0 Å². The molecule has 0 saturated carbocycles. The summed E-state index contributed by atoms with van der Waals surface area (Å²) in [6, 6.07) is 5.21. The minimum atomic E-state index is -0.379. The van der Waals surface area contributed by atoms with Crippen LogP contribution in [0, 0.1) is 12.8 Å². The number of aliphatic hydroxyl groups is 1. The van der Waals surface area contributed by atoms with Gasteiger partial charge in [-0.05, 0) is 49.4 Å². The molecule has 3 N–H and O–H groups in total. The number of aryl methyl sites for hydroxylation is 1. The highest BCUT2D eigenvalue weighted by atomic mass is 16.3. The molecule has 0 aliphatic carbocycles. The maximum atomic E-state index is 12.1. The summed E-state index contributed by atoms with van der Waals surface area (Å²) in [5.41, 5.74) is 2.13. The van der Waals surface area contributed by atoms with Gasteiger partial charge in [-0.3, -0.25) is 9.59 Å². The van der Waals surface area contributed by atoms with Crippen molar-refractivity contribution < 1.29 is 14.7 Å². The summed E-state index contributed by atoms with van der Waals surface area (Å²) < 4.78 is 0. The third kappa shape index (κ3) is 6.82. The number of hydrogen-bond donors (Lipinski definition) is 3. The molecule has 5 heteroatoms. The zero-order valence-corrected chi connectivity index (χ0v) is 14.5. The number of amides is 2. The first-order valence-electron chi connectivity index (χ1n) is 8.20. The fraction of sp³-hybridized carbons (Fsp3) is 0.556. The number of aliphatic hydroxyl groups excluding tert-OH is 1. The first-order chi connectivity index (χ1) is 10.8. The number of carbonyl (C=O) groups excluding carboxylic acids is 2. The van der Waals surface area contributed by atoms with Crippen LogP contribution in [0.3, 0.4) is 0 Å². The van der Waals surface area contributed by atoms with Crippen molar-refractivity contribution in [2.24, 2.45) is 5.92 Å². The molecule has 23 heavy (non-hydrogen) atoms. The van der Waals surface area contributed by atoms with Crippen molar-refractivity contribution in [2.75, 3.05) is 11.9 Å². The zero-order valence-electron chi connectivity index (χ0n) is 14.5. The van der Waals surface area contributed by atoms with Gasteiger partial charge < -0.3 is 15.7 Å². The summed E-state index contributed by atoms with van der Waals surface area (Å²) in [5, 5.41) is 15.1. The summed E-state index contributed by atoms with van der Waals surface area (Å²) in [6.07, 6.45) is 1.32. The Hall–Kier alpha value is -1.88. The van der Waals surface area contributed by atoms with Crippen LogP contribution >= 0.6 is 0 Å². The number of carbonyl (C=O) groups is 2. The smallest absolute Gasteiger partial charge is 0.251 e. The second-order valence-electron chi connectivity index (χ2n) is 6.28. The second kappa shape index (κ2) is 9.30. The first kappa shape index (κ1) is 19.2. The Balaban J connectivity index is 2.61. The lowest BCUT2D eigenvalue weighted by Gasteiger charge is -2.12. The molecule has 5 nitrogen and oxygen atoms in total. The largest absolute Gasteiger partial charge is 0.393 e. The Bertz CT molecular complexity index is 541. The molecule has 0 heterocycles. The van der Waals surface area contributed by atoms with Crippen molar-refractivity contribution in [3.05, 3.63) is 29.3 Å². The highest BCUT2D eigenvalue weighted by molar-refractivity contribution is 5.96. The third-order valence-electron chi connectivity index (χ3n) is 3.59. The van der Waals surface area contributed by atoms with Crippen LogP contribution in [-0.4, -0.2) is 29.6 Å². The molecule has 0 aliphatic rings. The van der Waals surface area contributed by atoms with E-state index >= 15 is 0 Å². The van der Waals surface area contributed by atoms with Crippen LogP contribution in [0.4, 0.5) is 5.69 Å². The quantitative estimate of drug-likeness (QED) is 0.689. The molecule has 1 aromatic rings. The van der Waals surface area contributed by atoms with E-state index in [1.807, 2.05) is 27.7 Å². The van der Waals surface area contributed by atoms with E-state index in [9.17, 15) is 14.7 Å². The molecule has 1 atom stereocenters. The standard InChI is InChI=1S/C18H28N2O3/c1-5-15(21)8-9-19-18(23)14-6-7-16(13(4)11-14)20-17(22)10-12(2)3/h6-7,11-12,15,21H,5,8-10H2,1-4H3,(H,19,23)(H,20,22). The molecule has 128 valence electrons. The summed E-state index contributed by atoms with van der Waals surface area (Å²) in [7, 11) is 0. The average Bonchev–Trinajstić information content (AvgIpc) is 2.48. The molecule has 0 bridgehead atoms. The van der Waals surface area contributed by atoms with E-state index in [0.717, 1.165) is 11.3 Å². The Morgan fingerprint density at radius 3 is 2.52 bits per heavy atom. The van der Waals surface area contributed by atoms with Gasteiger partial charge >= 0.3 is 0 Å². The highest BCUT2D eigenvalue weighted by Gasteiger charge is 2.11. The average molecular weight is 320 g/mol. The molecule has 1 unspecified atom stereocenters. The predicted molar refractivity (Wildman–Crippen MR) is 92.5 cm³/mol. The summed E-state index contributed by atoms with van der Waals surface area (Å²) >= 11 is 0. The minimum Gasteiger partial charge on any atom is -0.393 e. The molecule has 0 fully saturated rings. The number of rotatable bonds is 8. The summed E-state index contributed by atoms with van der Waals surface area (Å²) in [4.78, 5) is 23.9. The van der Waals surface area contributed by atoms with Crippen molar-refractivity contribution in [1.82, 2.24) is 5.32 Å². The number of nitrogens with one attached hydrogen (secondary N) is 2. The molecule has 0 radical (unpaired) electrons. The number of benzene rings is 1. The first-order valence-corrected chi connectivity index (χ1v) is 8.20. The molecule has 0 aliphatic heterocycles. The Labute approximate surface area is 138 Å². The van der Waals surface area contributed by atoms with Crippen molar-refractivity contribution in [3.8, 4) is 0 Å². The lowest BCUT2D eigenvalue weighted by atomic mass is 10.1. The molecule has 1 rings (SSSR count). The maximum absolute atomic E-state index is 12.1. The third-order valence-corrected chi connectivity index (χ3v) is 3.59. The number of hydrogen-bond acceptors (Lipinski definition) is 3. The van der Waals surface area contributed by atoms with Crippen molar-refractivity contribution >= 4 is 17.5 Å². The van der Waals surface area contributed by atoms with E-state index in [2.05, 4.69) is 10.6 Å². The monoisotopic (exact) mass is 320 g/mol. The van der Waals surface area contributed by atoms with Gasteiger partial charge in [0.15, 0.2) is 0 Å². The second-order valence-corrected chi connectivity index (χ2v) is 6.28. The van der Waals surface area contributed by atoms with Gasteiger partial charge in [-0.1, -0.05) is 20.8 Å². The predicted octanol–water partition coefficient (Wildman–Crippen LogP) is 2.87. The summed E-state index contributed by atoms with van der Waals surface area (Å²) in [5.74, 6) is 0.115. The van der Waals surface area contributed by atoms with Gasteiger partial charge in [-0.2, -0.15) is 0 Å². The van der Waals surface area contributed by atoms with Crippen LogP contribution < -0.4 is 10.6 Å². The highest BCUT2D eigenvalue weighted by Crippen LogP contribution is 2.17. The molecule has 0 saturated heterocycles. The van der Waals surface area contributed by atoms with Crippen LogP contribution in [0.2, 0.25) is 0 Å². The van der Waals surface area contributed by atoms with Gasteiger partial charge in [-0.15, -0.1) is 0 Å². The van der Waals surface area contributed by atoms with Gasteiger partial charge in [0.2, 0.25) is 5.91 Å². The number of anilines is 1. The fourth-order valence-corrected chi connectivity index (χ4v) is 2.18. The lowest BCUT2D eigenvalue weighted by Crippen LogP contribution is -2.27. The van der Waals surface area contributed by atoms with Crippen LogP contribution in [0.25, 0.3) is 0 Å². The van der Waals surface area contributed by atoms with Gasteiger partial charge in [0, 0.05) is 24.2 Å². The van der Waals surface area contributed by atoms with Gasteiger partial charge in [0.25, 0.3) is 5.91 Å². The normalized spacial score (nSPS) is 12.1. The molecule has 0 spiro atoms. The minimum absolute atomic E-state index is 0.0196. The maximum Gasteiger partial charge on any atom is 0.251 e. The fourth-order valence-electron chi connectivity index (χ4n) is 2.18. The Kier molecular flexibility index (Phi) is 7.75. The SMILES string of the molecule is CCC(O)CCNC(=O)c1ccc(NC(=O)CC(C)C)c(C)c1. The van der Waals surface area contributed by atoms with Crippen molar-refractivity contribution in [2.45, 2.75) is 53.1 Å². The molecule has 0 aromatic heterocycles. The van der Waals surface area contributed by atoms with E-state index in [0.29, 0.717) is 37.3 Å². The zero-order chi connectivity index (χ0) is 17.4. The van der Waals surface area contributed by atoms with E-state index in [4.69, 9.17) is 0 Å². The Morgan fingerprint density at radius 1 is 1.26 bits per heavy atom. The molecular weight excluding hydrogens is 292 g/mol. The van der Waals surface area contributed by atoms with E-state index < -0.39 is 0 Å². The van der Waals surface area contributed by atoms with Crippen molar-refractivity contribution in [1.29, 1.82) is 0 Å². The van der Waals surface area contributed by atoms with Crippen LogP contribution in [-0.2, 0) is 4.79 Å². The van der Waals surface area contributed by atoms with E-state index in [1.165, 1.54) is 0 Å². The molecule has 2 amide bonds. The van der Waals surface area contributed by atoms with E-state index in [1.54, 1.807) is 18.2 Å². The molecule has 1 aromatic carbocycles. The van der Waals surface area contributed by atoms with Crippen LogP contribution in [0.5, 0.6) is 0 Å². The van der Waals surface area contributed by atoms with Gasteiger partial charge in [0.1, 0.15) is 0 Å². The summed E-state index contributed by atoms with van der Waals surface area (Å²) in [6.45, 7) is 8.20. The lowest BCUT2D eigenvalue weighted by molar-refractivity contribution is -0.116. The molecular formula is C18H28N2O3. The van der Waals surface area contributed by atoms with Crippen LogP contribution in [0.15, 0.2) is 18.2 Å². The van der Waals surface area contributed by atoms with Gasteiger partial charge in [-0.25, -0.2) is 0 Å². The van der Waals surface area contributed by atoms with E-state index in [-0.39, 0.29) is 17.9 Å². The van der Waals surface area contributed by atoms with Gasteiger partial charge in [0.05, 0.1) is 6.10 Å². The van der Waals surface area contributed by atoms with Crippen LogP contribution in [0.1, 0.15) is 56.0 Å².